The second-order valence-electron chi connectivity index (χ2n) is 14.3. The molecule has 0 atom stereocenters. The quantitative estimate of drug-likeness (QED) is 0.223. The highest BCUT2D eigenvalue weighted by molar-refractivity contribution is 6.10. The predicted octanol–water partition coefficient (Wildman–Crippen LogP) is 9.23. The Kier molecular flexibility index (Phi) is 5.63. The highest BCUT2D eigenvalue weighted by Gasteiger charge is 2.49. The summed E-state index contributed by atoms with van der Waals surface area (Å²) in [6.45, 7) is 18.5. The maximum absolute atomic E-state index is 6.77. The van der Waals surface area contributed by atoms with Crippen LogP contribution in [0, 0.1) is 24.7 Å². The van der Waals surface area contributed by atoms with Crippen LogP contribution < -0.4 is 4.57 Å². The largest absolute Gasteiger partial charge is 0.437 e. The van der Waals surface area contributed by atoms with Gasteiger partial charge in [0, 0.05) is 33.9 Å². The second-order valence-corrected chi connectivity index (χ2v) is 14.3. The molecule has 0 amide bonds. The smallest absolute Gasteiger partial charge is 0.227 e. The first-order valence-electron chi connectivity index (χ1n) is 14.2. The molecule has 0 fully saturated rings. The fraction of sp³-hybridized carbons (Fsp3) is 0.389. The number of aromatic nitrogens is 2. The predicted molar refractivity (Wildman–Crippen MR) is 162 cm³/mol. The van der Waals surface area contributed by atoms with Gasteiger partial charge in [0.25, 0.3) is 0 Å². The normalized spacial score (nSPS) is 14.7. The van der Waals surface area contributed by atoms with Crippen LogP contribution in [0.25, 0.3) is 44.5 Å². The molecule has 0 spiro atoms. The first-order chi connectivity index (χ1) is 18.3. The monoisotopic (exact) mass is 517 g/mol. The number of fused-ring (bicyclic) bond motifs is 6. The summed E-state index contributed by atoms with van der Waals surface area (Å²) in [7, 11) is 2.10. The minimum absolute atomic E-state index is 0.134. The molecule has 3 aromatic heterocycles. The average molecular weight is 518 g/mol. The molecule has 0 N–H and O–H groups in total. The number of rotatable bonds is 3. The second kappa shape index (κ2) is 8.52. The van der Waals surface area contributed by atoms with Crippen LogP contribution in [0.15, 0.2) is 65.2 Å². The summed E-state index contributed by atoms with van der Waals surface area (Å²) >= 11 is 0. The third-order valence-electron chi connectivity index (χ3n) is 8.25. The summed E-state index contributed by atoms with van der Waals surface area (Å²) in [5, 5.41) is 2.22. The van der Waals surface area contributed by atoms with Crippen molar-refractivity contribution in [3.8, 4) is 22.4 Å². The molecule has 0 radical (unpaired) electrons. The van der Waals surface area contributed by atoms with Crippen LogP contribution in [0.2, 0.25) is 0 Å². The Morgan fingerprint density at radius 3 is 2.21 bits per heavy atom. The van der Waals surface area contributed by atoms with Crippen molar-refractivity contribution < 1.29 is 8.98 Å². The lowest BCUT2D eigenvalue weighted by Crippen LogP contribution is -2.35. The van der Waals surface area contributed by atoms with Crippen LogP contribution in [0.4, 0.5) is 0 Å². The lowest BCUT2D eigenvalue weighted by molar-refractivity contribution is -0.660. The fourth-order valence-electron chi connectivity index (χ4n) is 7.17. The molecule has 3 heteroatoms. The van der Waals surface area contributed by atoms with Crippen molar-refractivity contribution in [1.29, 1.82) is 0 Å². The van der Waals surface area contributed by atoms with Crippen LogP contribution >= 0.6 is 0 Å². The Morgan fingerprint density at radius 2 is 1.51 bits per heavy atom. The number of pyridine rings is 2. The summed E-state index contributed by atoms with van der Waals surface area (Å²) in [5.74, 6) is 0. The number of furan rings is 1. The van der Waals surface area contributed by atoms with Gasteiger partial charge in [-0.1, -0.05) is 77.9 Å². The molecular formula is C36H41N2O+. The molecule has 1 aliphatic rings. The van der Waals surface area contributed by atoms with Crippen LogP contribution in [-0.4, -0.2) is 4.98 Å². The number of hydrogen-bond acceptors (Lipinski definition) is 2. The van der Waals surface area contributed by atoms with Crippen molar-refractivity contribution >= 4 is 22.1 Å². The van der Waals surface area contributed by atoms with Gasteiger partial charge in [-0.25, -0.2) is 9.55 Å². The van der Waals surface area contributed by atoms with Gasteiger partial charge in [-0.3, -0.25) is 0 Å². The van der Waals surface area contributed by atoms with E-state index in [0.717, 1.165) is 46.2 Å². The Balaban J connectivity index is 1.69. The summed E-state index contributed by atoms with van der Waals surface area (Å²) in [5.41, 5.74) is 11.7. The van der Waals surface area contributed by atoms with E-state index >= 15 is 0 Å². The summed E-state index contributed by atoms with van der Waals surface area (Å²) in [6, 6.07) is 20.2. The molecule has 2 aromatic carbocycles. The van der Waals surface area contributed by atoms with Gasteiger partial charge >= 0.3 is 0 Å². The Labute approximate surface area is 232 Å². The molecule has 5 aromatic rings. The Bertz CT molecular complexity index is 1740. The molecule has 0 saturated heterocycles. The van der Waals surface area contributed by atoms with E-state index in [2.05, 4.69) is 128 Å². The van der Waals surface area contributed by atoms with Crippen LogP contribution in [0.5, 0.6) is 0 Å². The third kappa shape index (κ3) is 4.18. The molecule has 0 bridgehead atoms. The van der Waals surface area contributed by atoms with Crippen LogP contribution in [-0.2, 0) is 12.5 Å². The minimum Gasteiger partial charge on any atom is -0.437 e. The van der Waals surface area contributed by atoms with Gasteiger partial charge in [0.05, 0.1) is 11.3 Å². The highest BCUT2D eigenvalue weighted by Crippen LogP contribution is 2.58. The maximum atomic E-state index is 6.77. The van der Waals surface area contributed by atoms with Crippen molar-refractivity contribution in [3.63, 3.8) is 0 Å². The number of benzene rings is 2. The Hall–Kier alpha value is -3.46. The van der Waals surface area contributed by atoms with Crippen LogP contribution in [0.3, 0.4) is 0 Å². The van der Waals surface area contributed by atoms with Crippen molar-refractivity contribution in [2.45, 2.75) is 73.6 Å². The lowest BCUT2D eigenvalue weighted by Gasteiger charge is -2.41. The van der Waals surface area contributed by atoms with Crippen LogP contribution in [0.1, 0.15) is 76.8 Å². The maximum Gasteiger partial charge on any atom is 0.227 e. The van der Waals surface area contributed by atoms with E-state index in [1.807, 2.05) is 0 Å². The van der Waals surface area contributed by atoms with Crippen molar-refractivity contribution in [2.24, 2.45) is 17.9 Å². The molecule has 3 nitrogen and oxygen atoms in total. The molecule has 1 aliphatic carbocycles. The van der Waals surface area contributed by atoms with E-state index in [4.69, 9.17) is 9.40 Å². The molecule has 3 heterocycles. The number of hydrogen-bond donors (Lipinski definition) is 0. The van der Waals surface area contributed by atoms with Gasteiger partial charge in [-0.05, 0) is 65.8 Å². The van der Waals surface area contributed by atoms with E-state index < -0.39 is 0 Å². The van der Waals surface area contributed by atoms with Gasteiger partial charge in [0.2, 0.25) is 11.4 Å². The van der Waals surface area contributed by atoms with E-state index in [9.17, 15) is 0 Å². The van der Waals surface area contributed by atoms with Gasteiger partial charge in [0.1, 0.15) is 7.05 Å². The van der Waals surface area contributed by atoms with Gasteiger partial charge in [-0.15, -0.1) is 0 Å². The molecule has 0 saturated carbocycles. The Morgan fingerprint density at radius 1 is 0.821 bits per heavy atom. The van der Waals surface area contributed by atoms with E-state index in [1.54, 1.807) is 0 Å². The van der Waals surface area contributed by atoms with E-state index in [0.29, 0.717) is 0 Å². The van der Waals surface area contributed by atoms with Crippen molar-refractivity contribution in [2.75, 3.05) is 0 Å². The third-order valence-corrected chi connectivity index (χ3v) is 8.25. The zero-order chi connectivity index (χ0) is 27.9. The fourth-order valence-corrected chi connectivity index (χ4v) is 7.17. The molecule has 0 unspecified atom stereocenters. The van der Waals surface area contributed by atoms with E-state index in [1.165, 1.54) is 33.5 Å². The first kappa shape index (κ1) is 25.8. The summed E-state index contributed by atoms with van der Waals surface area (Å²) < 4.78 is 8.95. The van der Waals surface area contributed by atoms with Crippen molar-refractivity contribution in [3.05, 3.63) is 83.2 Å². The SMILES string of the molecule is Cc1cc[n+](C)c(-c2c(C)ccc3c2oc2nc4c(cc23)-c2ccccc2C4(CC(C)(C)C)CC(C)(C)C)c1. The summed E-state index contributed by atoms with van der Waals surface area (Å²) in [4.78, 5) is 5.46. The van der Waals surface area contributed by atoms with Gasteiger partial charge in [0.15, 0.2) is 11.8 Å². The number of aryl methyl sites for hydroxylation is 3. The van der Waals surface area contributed by atoms with E-state index in [-0.39, 0.29) is 16.2 Å². The zero-order valence-electron chi connectivity index (χ0n) is 25.0. The molecule has 39 heavy (non-hydrogen) atoms. The molecule has 0 aliphatic heterocycles. The first-order valence-corrected chi connectivity index (χ1v) is 14.2. The standard InChI is InChI=1S/C36H41N2O/c1-22-16-17-38(9)29(18-22)30-23(2)14-15-25-27-19-26-24-12-10-11-13-28(24)36(20-34(3,4)5,21-35(6,7)8)32(26)37-33(27)39-31(25)30/h10-19H,20-21H2,1-9H3/q+1. The molecule has 6 rings (SSSR count). The minimum atomic E-state index is -0.169. The highest BCUT2D eigenvalue weighted by atomic mass is 16.3. The molecular weight excluding hydrogens is 476 g/mol. The van der Waals surface area contributed by atoms with Gasteiger partial charge < -0.3 is 4.42 Å². The average Bonchev–Trinajstić information content (AvgIpc) is 3.31. The van der Waals surface area contributed by atoms with Crippen molar-refractivity contribution in [1.82, 2.24) is 4.98 Å². The number of nitrogens with zero attached hydrogens (tertiary/aromatic N) is 2. The molecule has 200 valence electrons. The topological polar surface area (TPSA) is 29.9 Å². The van der Waals surface area contributed by atoms with Gasteiger partial charge in [-0.2, -0.15) is 0 Å². The lowest BCUT2D eigenvalue weighted by atomic mass is 9.63. The summed E-state index contributed by atoms with van der Waals surface area (Å²) in [6.07, 6.45) is 4.19. The zero-order valence-corrected chi connectivity index (χ0v) is 25.0.